The van der Waals surface area contributed by atoms with Crippen LogP contribution in [0.5, 0.6) is 0 Å². The zero-order chi connectivity index (χ0) is 31.8. The highest BCUT2D eigenvalue weighted by atomic mass is 79.9. The molecule has 1 unspecified atom stereocenters. The number of aryl methyl sites for hydroxylation is 1. The third kappa shape index (κ3) is 18.8. The smallest absolute Gasteiger partial charge is 0.157 e. The summed E-state index contributed by atoms with van der Waals surface area (Å²) in [5.41, 5.74) is 12.5. The maximum atomic E-state index is 10.6. The quantitative estimate of drug-likeness (QED) is 0.182. The highest BCUT2D eigenvalue weighted by molar-refractivity contribution is 9.10. The normalized spacial score (nSPS) is 10.2. The van der Waals surface area contributed by atoms with Gasteiger partial charge in [-0.15, -0.1) is 0 Å². The van der Waals surface area contributed by atoms with E-state index in [0.717, 1.165) is 51.0 Å². The molecule has 0 bridgehead atoms. The van der Waals surface area contributed by atoms with E-state index in [1.165, 1.54) is 37.8 Å². The molecule has 0 radical (unpaired) electrons. The van der Waals surface area contributed by atoms with Crippen LogP contribution in [0.1, 0.15) is 123 Å². The van der Waals surface area contributed by atoms with E-state index in [1.54, 1.807) is 0 Å². The predicted octanol–water partition coefficient (Wildman–Crippen LogP) is 11.4. The van der Waals surface area contributed by atoms with Gasteiger partial charge < -0.3 is 10.5 Å². The molecule has 0 aliphatic carbocycles. The summed E-state index contributed by atoms with van der Waals surface area (Å²) < 4.78 is 1.03. The van der Waals surface area contributed by atoms with Gasteiger partial charge in [0.05, 0.1) is 0 Å². The van der Waals surface area contributed by atoms with Crippen LogP contribution in [-0.4, -0.2) is 12.1 Å². The Hall–Kier alpha value is -2.46. The van der Waals surface area contributed by atoms with Crippen molar-refractivity contribution in [2.45, 2.75) is 108 Å². The van der Waals surface area contributed by atoms with Crippen molar-refractivity contribution >= 4 is 39.3 Å². The van der Waals surface area contributed by atoms with Crippen LogP contribution in [0.2, 0.25) is 0 Å². The molecule has 4 heteroatoms. The summed E-state index contributed by atoms with van der Waals surface area (Å²) in [5, 5.41) is 0. The third-order valence-corrected chi connectivity index (χ3v) is 6.73. The summed E-state index contributed by atoms with van der Waals surface area (Å²) in [4.78, 5) is 19.4. The van der Waals surface area contributed by atoms with Crippen LogP contribution in [0.15, 0.2) is 60.1 Å². The van der Waals surface area contributed by atoms with Crippen molar-refractivity contribution < 1.29 is 9.59 Å². The van der Waals surface area contributed by atoms with Gasteiger partial charge >= 0.3 is 0 Å². The average molecular weight is 617 g/mol. The Morgan fingerprint density at radius 2 is 1.48 bits per heavy atom. The van der Waals surface area contributed by atoms with E-state index >= 15 is 0 Å². The number of aldehydes is 1. The van der Waals surface area contributed by atoms with Crippen molar-refractivity contribution in [3.05, 3.63) is 82.4 Å². The van der Waals surface area contributed by atoms with Gasteiger partial charge in [-0.2, -0.15) is 0 Å². The summed E-state index contributed by atoms with van der Waals surface area (Å²) in [6.07, 6.45) is 6.95. The van der Waals surface area contributed by atoms with Crippen molar-refractivity contribution in [3.8, 4) is 0 Å². The lowest BCUT2D eigenvalue weighted by atomic mass is 9.93. The number of hydrogen-bond donors (Lipinski definition) is 1. The van der Waals surface area contributed by atoms with Crippen LogP contribution in [-0.2, 0) is 9.59 Å². The van der Waals surface area contributed by atoms with Gasteiger partial charge in [-0.1, -0.05) is 135 Å². The van der Waals surface area contributed by atoms with E-state index in [4.69, 9.17) is 10.5 Å². The fraction of sp³-hybridized carbons (Fsp3) is 0.500. The zero-order valence-corrected chi connectivity index (χ0v) is 29.0. The van der Waals surface area contributed by atoms with Crippen LogP contribution >= 0.6 is 15.9 Å². The lowest BCUT2D eigenvalue weighted by Crippen LogP contribution is -2.04. The minimum atomic E-state index is 0.146. The predicted molar refractivity (Wildman–Crippen MR) is 184 cm³/mol. The molecule has 2 N–H and O–H groups in total. The summed E-state index contributed by atoms with van der Waals surface area (Å²) in [7, 11) is 0. The third-order valence-electron chi connectivity index (χ3n) is 6.27. The van der Waals surface area contributed by atoms with Gasteiger partial charge in [0.1, 0.15) is 6.29 Å². The van der Waals surface area contributed by atoms with E-state index in [2.05, 4.69) is 102 Å². The van der Waals surface area contributed by atoms with E-state index in [0.29, 0.717) is 5.92 Å². The Morgan fingerprint density at radius 3 is 1.82 bits per heavy atom. The van der Waals surface area contributed by atoms with Crippen molar-refractivity contribution in [1.82, 2.24) is 0 Å². The minimum absolute atomic E-state index is 0.146. The van der Waals surface area contributed by atoms with E-state index in [9.17, 15) is 4.79 Å². The van der Waals surface area contributed by atoms with Gasteiger partial charge in [-0.25, -0.2) is 0 Å². The number of ketones is 1. The number of hydrogen-bond acceptors (Lipinski definition) is 3. The first-order valence-corrected chi connectivity index (χ1v) is 15.5. The zero-order valence-electron chi connectivity index (χ0n) is 27.4. The number of benzene rings is 2. The first-order valence-electron chi connectivity index (χ1n) is 14.7. The first-order chi connectivity index (χ1) is 18.8. The molecule has 0 aliphatic heterocycles. The van der Waals surface area contributed by atoms with Gasteiger partial charge in [0, 0.05) is 21.6 Å². The molecule has 226 valence electrons. The van der Waals surface area contributed by atoms with Crippen molar-refractivity contribution in [1.29, 1.82) is 0 Å². The summed E-state index contributed by atoms with van der Waals surface area (Å²) >= 11 is 3.53. The number of anilines is 1. The SMILES string of the molecule is C=C(c1cccc(C(C)C)c1)c1cc(Br)cc(C)c1N.C=CC(=O)C(C)CC.CC=O.CCC.CCC(C)CC. The molecule has 0 heterocycles. The van der Waals surface area contributed by atoms with Crippen LogP contribution < -0.4 is 5.73 Å². The Labute approximate surface area is 255 Å². The molecule has 0 saturated carbocycles. The molecule has 2 rings (SSSR count). The monoisotopic (exact) mass is 615 g/mol. The molecule has 0 spiro atoms. The molecule has 2 aromatic carbocycles. The second-order valence-corrected chi connectivity index (χ2v) is 11.1. The molecular weight excluding hydrogens is 558 g/mol. The number of carbonyl (C=O) groups is 2. The number of carbonyl (C=O) groups excluding carboxylic acids is 2. The molecule has 0 saturated heterocycles. The van der Waals surface area contributed by atoms with Gasteiger partial charge in [0.15, 0.2) is 5.78 Å². The van der Waals surface area contributed by atoms with E-state index in [-0.39, 0.29) is 11.7 Å². The molecule has 3 nitrogen and oxygen atoms in total. The highest BCUT2D eigenvalue weighted by Crippen LogP contribution is 2.32. The van der Waals surface area contributed by atoms with Gasteiger partial charge in [0.2, 0.25) is 0 Å². The molecule has 40 heavy (non-hydrogen) atoms. The Morgan fingerprint density at radius 1 is 0.975 bits per heavy atom. The largest absolute Gasteiger partial charge is 0.398 e. The fourth-order valence-electron chi connectivity index (χ4n) is 2.94. The molecule has 0 amide bonds. The summed E-state index contributed by atoms with van der Waals surface area (Å²) in [6.45, 7) is 30.4. The fourth-order valence-corrected chi connectivity index (χ4v) is 3.51. The first kappa shape index (κ1) is 42.0. The van der Waals surface area contributed by atoms with Crippen LogP contribution in [0.4, 0.5) is 5.69 Å². The Kier molecular flexibility index (Phi) is 26.8. The Balaban J connectivity index is -0.000000564. The van der Waals surface area contributed by atoms with E-state index < -0.39 is 0 Å². The molecule has 0 fully saturated rings. The Bertz CT molecular complexity index is 990. The van der Waals surface area contributed by atoms with Crippen molar-refractivity contribution in [2.75, 3.05) is 5.73 Å². The second kappa shape index (κ2) is 25.5. The molecule has 0 aromatic heterocycles. The lowest BCUT2D eigenvalue weighted by molar-refractivity contribution is -0.117. The second-order valence-electron chi connectivity index (χ2n) is 10.2. The average Bonchev–Trinajstić information content (AvgIpc) is 2.94. The molecule has 0 aliphatic rings. The number of nitrogens with two attached hydrogens (primary N) is 1. The number of nitrogen functional groups attached to an aromatic ring is 1. The van der Waals surface area contributed by atoms with Gasteiger partial charge in [0.25, 0.3) is 0 Å². The highest BCUT2D eigenvalue weighted by Gasteiger charge is 2.11. The number of allylic oxidation sites excluding steroid dienone is 1. The van der Waals surface area contributed by atoms with Crippen LogP contribution in [0.3, 0.4) is 0 Å². The van der Waals surface area contributed by atoms with E-state index in [1.807, 2.05) is 32.9 Å². The number of halogens is 1. The van der Waals surface area contributed by atoms with Gasteiger partial charge in [-0.3, -0.25) is 4.79 Å². The molecule has 1 atom stereocenters. The van der Waals surface area contributed by atoms with Crippen molar-refractivity contribution in [2.24, 2.45) is 11.8 Å². The topological polar surface area (TPSA) is 60.2 Å². The standard InChI is InChI=1S/C18H20BrN.C7H12O.C6H14.C3H8.C2H4O/c1-11(2)14-6-5-7-15(9-14)13(4)17-10-16(19)8-12(3)18(17)20;1-4-6(3)7(8)5-2;1-4-6(3)5-2;1-3-2;1-2-3/h5-11H,4,20H2,1-3H3;5-6H,2,4H2,1,3H3;6H,4-5H2,1-3H3;3H2,1-2H3;2H,1H3. The molecule has 2 aromatic rings. The van der Waals surface area contributed by atoms with Gasteiger partial charge in [-0.05, 0) is 72.6 Å². The molecular formula is C36H58BrNO2. The maximum Gasteiger partial charge on any atom is 0.157 e. The summed E-state index contributed by atoms with van der Waals surface area (Å²) in [6, 6.07) is 12.6. The van der Waals surface area contributed by atoms with Crippen LogP contribution in [0, 0.1) is 18.8 Å². The maximum absolute atomic E-state index is 10.6. The lowest BCUT2D eigenvalue weighted by Gasteiger charge is -2.14. The number of rotatable bonds is 8. The van der Waals surface area contributed by atoms with Crippen molar-refractivity contribution in [3.63, 3.8) is 0 Å². The minimum Gasteiger partial charge on any atom is -0.398 e. The summed E-state index contributed by atoms with van der Waals surface area (Å²) in [5.74, 6) is 1.74. The van der Waals surface area contributed by atoms with Crippen LogP contribution in [0.25, 0.3) is 5.57 Å².